The summed E-state index contributed by atoms with van der Waals surface area (Å²) < 4.78 is 4.92. The fourth-order valence-electron chi connectivity index (χ4n) is 0.808. The van der Waals surface area contributed by atoms with Crippen LogP contribution in [0, 0.1) is 11.8 Å². The molecule has 0 aliphatic heterocycles. The second-order valence-electron chi connectivity index (χ2n) is 2.83. The molecule has 2 atom stereocenters. The molecule has 0 aromatic rings. The number of methoxy groups -OCH3 is 1. The van der Waals surface area contributed by atoms with Crippen LogP contribution in [0.25, 0.3) is 0 Å². The molecule has 0 N–H and O–H groups in total. The van der Waals surface area contributed by atoms with Gasteiger partial charge in [-0.1, -0.05) is 13.8 Å². The summed E-state index contributed by atoms with van der Waals surface area (Å²) in [6.07, 6.45) is 0. The average molecular weight is 144 g/mol. The number of ether oxygens (including phenoxy) is 1. The number of carbonyl (C=O) groups excluding carboxylic acids is 1. The van der Waals surface area contributed by atoms with Crippen molar-refractivity contribution in [1.82, 2.24) is 0 Å². The molecule has 0 heterocycles. The zero-order chi connectivity index (χ0) is 8.15. The van der Waals surface area contributed by atoms with E-state index in [4.69, 9.17) is 4.74 Å². The third-order valence-corrected chi connectivity index (χ3v) is 1.92. The van der Waals surface area contributed by atoms with Crippen molar-refractivity contribution in [3.8, 4) is 0 Å². The van der Waals surface area contributed by atoms with Crippen molar-refractivity contribution < 1.29 is 9.53 Å². The van der Waals surface area contributed by atoms with Gasteiger partial charge in [0.15, 0.2) is 0 Å². The van der Waals surface area contributed by atoms with Crippen LogP contribution in [0.3, 0.4) is 0 Å². The molecule has 2 unspecified atom stereocenters. The highest BCUT2D eigenvalue weighted by atomic mass is 16.5. The molecule has 0 aliphatic carbocycles. The second kappa shape index (κ2) is 4.45. The zero-order valence-corrected chi connectivity index (χ0v) is 7.18. The molecule has 0 aromatic carbocycles. The van der Waals surface area contributed by atoms with Gasteiger partial charge in [-0.15, -0.1) is 0 Å². The maximum Gasteiger partial charge on any atom is 0.132 e. The predicted octanol–water partition coefficient (Wildman–Crippen LogP) is 1.49. The lowest BCUT2D eigenvalue weighted by molar-refractivity contribution is -0.122. The maximum atomic E-state index is 10.8. The number of hydrogen-bond acceptors (Lipinski definition) is 2. The van der Waals surface area contributed by atoms with Crippen LogP contribution in [0.15, 0.2) is 0 Å². The van der Waals surface area contributed by atoms with Crippen LogP contribution in [0.2, 0.25) is 0 Å². The van der Waals surface area contributed by atoms with Crippen molar-refractivity contribution in [2.24, 2.45) is 11.8 Å². The minimum absolute atomic E-state index is 0.125. The lowest BCUT2D eigenvalue weighted by atomic mass is 9.93. The molecule has 0 rings (SSSR count). The molecule has 2 nitrogen and oxygen atoms in total. The van der Waals surface area contributed by atoms with Gasteiger partial charge in [0.25, 0.3) is 0 Å². The first kappa shape index (κ1) is 9.63. The van der Waals surface area contributed by atoms with E-state index in [0.717, 1.165) is 0 Å². The van der Waals surface area contributed by atoms with Crippen LogP contribution in [0.4, 0.5) is 0 Å². The summed E-state index contributed by atoms with van der Waals surface area (Å²) in [6, 6.07) is 0. The van der Waals surface area contributed by atoms with E-state index in [2.05, 4.69) is 0 Å². The van der Waals surface area contributed by atoms with E-state index in [0.29, 0.717) is 12.5 Å². The van der Waals surface area contributed by atoms with Crippen LogP contribution < -0.4 is 0 Å². The summed E-state index contributed by atoms with van der Waals surface area (Å²) in [5, 5.41) is 0. The van der Waals surface area contributed by atoms with Gasteiger partial charge in [-0.05, 0) is 12.8 Å². The van der Waals surface area contributed by atoms with Gasteiger partial charge in [0.1, 0.15) is 5.78 Å². The molecule has 2 heteroatoms. The van der Waals surface area contributed by atoms with E-state index in [1.807, 2.05) is 13.8 Å². The normalized spacial score (nSPS) is 16.4. The van der Waals surface area contributed by atoms with E-state index < -0.39 is 0 Å². The van der Waals surface area contributed by atoms with Crippen LogP contribution in [0.1, 0.15) is 20.8 Å². The highest BCUT2D eigenvalue weighted by Crippen LogP contribution is 2.11. The first-order chi connectivity index (χ1) is 4.59. The van der Waals surface area contributed by atoms with Gasteiger partial charge < -0.3 is 4.74 Å². The molecule has 0 aromatic heterocycles. The minimum atomic E-state index is 0.125. The highest BCUT2D eigenvalue weighted by molar-refractivity contribution is 5.78. The van der Waals surface area contributed by atoms with E-state index >= 15 is 0 Å². The van der Waals surface area contributed by atoms with E-state index in [1.165, 1.54) is 0 Å². The molecule has 10 heavy (non-hydrogen) atoms. The smallest absolute Gasteiger partial charge is 0.132 e. The van der Waals surface area contributed by atoms with Gasteiger partial charge in [-0.25, -0.2) is 0 Å². The van der Waals surface area contributed by atoms with Crippen LogP contribution >= 0.6 is 0 Å². The summed E-state index contributed by atoms with van der Waals surface area (Å²) in [4.78, 5) is 10.8. The molecule has 0 aliphatic rings. The monoisotopic (exact) mass is 144 g/mol. The fraction of sp³-hybridized carbons (Fsp3) is 0.875. The van der Waals surface area contributed by atoms with Gasteiger partial charge in [-0.2, -0.15) is 0 Å². The third kappa shape index (κ3) is 2.97. The second-order valence-corrected chi connectivity index (χ2v) is 2.83. The summed E-state index contributed by atoms with van der Waals surface area (Å²) in [5.74, 6) is 0.701. The lowest BCUT2D eigenvalue weighted by Gasteiger charge is -2.15. The largest absolute Gasteiger partial charge is 0.384 e. The lowest BCUT2D eigenvalue weighted by Crippen LogP contribution is -2.19. The minimum Gasteiger partial charge on any atom is -0.384 e. The quantitative estimate of drug-likeness (QED) is 0.597. The van der Waals surface area contributed by atoms with Gasteiger partial charge in [0, 0.05) is 19.6 Å². The Bertz CT molecular complexity index is 110. The molecule has 60 valence electrons. The Labute approximate surface area is 62.6 Å². The van der Waals surface area contributed by atoms with Crippen molar-refractivity contribution in [2.75, 3.05) is 13.7 Å². The number of ketones is 1. The Morgan fingerprint density at radius 1 is 1.50 bits per heavy atom. The predicted molar refractivity (Wildman–Crippen MR) is 40.9 cm³/mol. The van der Waals surface area contributed by atoms with Crippen molar-refractivity contribution in [2.45, 2.75) is 20.8 Å². The summed E-state index contributed by atoms with van der Waals surface area (Å²) in [5.41, 5.74) is 0. The van der Waals surface area contributed by atoms with Crippen LogP contribution in [-0.2, 0) is 9.53 Å². The molecular weight excluding hydrogens is 128 g/mol. The Hall–Kier alpha value is -0.370. The topological polar surface area (TPSA) is 26.3 Å². The van der Waals surface area contributed by atoms with Crippen molar-refractivity contribution >= 4 is 5.78 Å². The number of Topliss-reactive ketones (excluding diaryl/α,β-unsaturated/α-hetero) is 1. The molecule has 0 saturated heterocycles. The van der Waals surface area contributed by atoms with Crippen LogP contribution in [-0.4, -0.2) is 19.5 Å². The molecule has 0 bridgehead atoms. The molecule has 0 spiro atoms. The van der Waals surface area contributed by atoms with Gasteiger partial charge in [0.2, 0.25) is 0 Å². The zero-order valence-electron chi connectivity index (χ0n) is 7.18. The Morgan fingerprint density at radius 2 is 2.00 bits per heavy atom. The molecule has 0 saturated carbocycles. The van der Waals surface area contributed by atoms with E-state index in [-0.39, 0.29) is 11.7 Å². The Morgan fingerprint density at radius 3 is 2.30 bits per heavy atom. The molecule has 0 fully saturated rings. The molecule has 0 radical (unpaired) electrons. The number of hydrogen-bond donors (Lipinski definition) is 0. The molecule has 0 amide bonds. The maximum absolute atomic E-state index is 10.8. The van der Waals surface area contributed by atoms with Crippen molar-refractivity contribution in [1.29, 1.82) is 0 Å². The van der Waals surface area contributed by atoms with E-state index in [9.17, 15) is 4.79 Å². The number of rotatable bonds is 4. The van der Waals surface area contributed by atoms with Gasteiger partial charge >= 0.3 is 0 Å². The van der Waals surface area contributed by atoms with E-state index in [1.54, 1.807) is 14.0 Å². The van der Waals surface area contributed by atoms with Gasteiger partial charge in [-0.3, -0.25) is 4.79 Å². The first-order valence-electron chi connectivity index (χ1n) is 3.59. The number of carbonyl (C=O) groups is 1. The summed E-state index contributed by atoms with van der Waals surface area (Å²) >= 11 is 0. The Balaban J connectivity index is 3.69. The first-order valence-corrected chi connectivity index (χ1v) is 3.59. The van der Waals surface area contributed by atoms with Crippen LogP contribution in [0.5, 0.6) is 0 Å². The SMILES string of the molecule is COCC(C)C(C)C(C)=O. The fourth-order valence-corrected chi connectivity index (χ4v) is 0.808. The summed E-state index contributed by atoms with van der Waals surface area (Å²) in [7, 11) is 1.66. The van der Waals surface area contributed by atoms with Gasteiger partial charge in [0.05, 0.1) is 0 Å². The Kier molecular flexibility index (Phi) is 4.28. The highest BCUT2D eigenvalue weighted by Gasteiger charge is 2.15. The van der Waals surface area contributed by atoms with Crippen molar-refractivity contribution in [3.63, 3.8) is 0 Å². The molecular formula is C8H16O2. The standard InChI is InChI=1S/C8H16O2/c1-6(5-10-4)7(2)8(3)9/h6-7H,5H2,1-4H3. The third-order valence-electron chi connectivity index (χ3n) is 1.92. The average Bonchev–Trinajstić information content (AvgIpc) is 1.87. The van der Waals surface area contributed by atoms with Crippen molar-refractivity contribution in [3.05, 3.63) is 0 Å². The summed E-state index contributed by atoms with van der Waals surface area (Å²) in [6.45, 7) is 6.25.